The molecular formula is C8H3Cl2FN2O. The first-order valence-electron chi connectivity index (χ1n) is 3.62. The molecule has 0 spiro atoms. The number of halogens is 3. The van der Waals surface area contributed by atoms with Crippen LogP contribution in [-0.4, -0.2) is 9.97 Å². The van der Waals surface area contributed by atoms with Gasteiger partial charge in [-0.1, -0.05) is 23.2 Å². The molecule has 0 unspecified atom stereocenters. The number of hydrogen-bond acceptors (Lipinski definition) is 2. The van der Waals surface area contributed by atoms with Gasteiger partial charge in [-0.3, -0.25) is 4.79 Å². The van der Waals surface area contributed by atoms with Gasteiger partial charge < -0.3 is 4.98 Å². The van der Waals surface area contributed by atoms with E-state index in [1.54, 1.807) is 0 Å². The molecule has 0 aliphatic rings. The molecule has 0 saturated heterocycles. The highest BCUT2D eigenvalue weighted by Crippen LogP contribution is 2.28. The maximum Gasteiger partial charge on any atom is 0.260 e. The molecule has 1 heterocycles. The van der Waals surface area contributed by atoms with Crippen molar-refractivity contribution in [2.45, 2.75) is 0 Å². The van der Waals surface area contributed by atoms with Crippen LogP contribution in [-0.2, 0) is 0 Å². The predicted molar refractivity (Wildman–Crippen MR) is 52.3 cm³/mol. The van der Waals surface area contributed by atoms with Crippen LogP contribution in [0.4, 0.5) is 4.39 Å². The lowest BCUT2D eigenvalue weighted by Gasteiger charge is -2.01. The van der Waals surface area contributed by atoms with Gasteiger partial charge in [-0.05, 0) is 6.07 Å². The van der Waals surface area contributed by atoms with E-state index in [1.165, 1.54) is 12.4 Å². The topological polar surface area (TPSA) is 45.8 Å². The van der Waals surface area contributed by atoms with Gasteiger partial charge in [-0.25, -0.2) is 9.37 Å². The van der Waals surface area contributed by atoms with E-state index in [4.69, 9.17) is 23.2 Å². The zero-order chi connectivity index (χ0) is 10.3. The third kappa shape index (κ3) is 1.27. The van der Waals surface area contributed by atoms with Gasteiger partial charge in [0.1, 0.15) is 0 Å². The van der Waals surface area contributed by atoms with Crippen molar-refractivity contribution in [2.75, 3.05) is 0 Å². The van der Waals surface area contributed by atoms with Crippen molar-refractivity contribution in [2.24, 2.45) is 0 Å². The zero-order valence-corrected chi connectivity index (χ0v) is 8.16. The maximum absolute atomic E-state index is 13.2. The van der Waals surface area contributed by atoms with Crippen LogP contribution in [0.25, 0.3) is 10.9 Å². The number of hydrogen-bond donors (Lipinski definition) is 1. The molecule has 6 heteroatoms. The van der Waals surface area contributed by atoms with E-state index in [1.807, 2.05) is 0 Å². The van der Waals surface area contributed by atoms with E-state index in [9.17, 15) is 9.18 Å². The highest BCUT2D eigenvalue weighted by Gasteiger charge is 2.13. The molecule has 0 bridgehead atoms. The molecule has 72 valence electrons. The summed E-state index contributed by atoms with van der Waals surface area (Å²) in [6.07, 6.45) is 1.20. The fourth-order valence-corrected chi connectivity index (χ4v) is 1.66. The minimum atomic E-state index is -0.806. The highest BCUT2D eigenvalue weighted by molar-refractivity contribution is 6.38. The normalized spacial score (nSPS) is 10.8. The lowest BCUT2D eigenvalue weighted by molar-refractivity contribution is 0.630. The summed E-state index contributed by atoms with van der Waals surface area (Å²) in [4.78, 5) is 17.4. The summed E-state index contributed by atoms with van der Waals surface area (Å²) in [7, 11) is 0. The number of rotatable bonds is 0. The van der Waals surface area contributed by atoms with Crippen LogP contribution in [0.3, 0.4) is 0 Å². The molecule has 1 aromatic heterocycles. The van der Waals surface area contributed by atoms with Gasteiger partial charge in [0.2, 0.25) is 0 Å². The Labute approximate surface area is 87.5 Å². The van der Waals surface area contributed by atoms with Crippen LogP contribution in [0.15, 0.2) is 17.2 Å². The molecule has 3 nitrogen and oxygen atoms in total. The van der Waals surface area contributed by atoms with E-state index in [2.05, 4.69) is 9.97 Å². The molecule has 0 saturated carbocycles. The monoisotopic (exact) mass is 232 g/mol. The predicted octanol–water partition coefficient (Wildman–Crippen LogP) is 2.37. The van der Waals surface area contributed by atoms with Gasteiger partial charge in [-0.2, -0.15) is 0 Å². The number of benzene rings is 1. The first-order chi connectivity index (χ1) is 6.61. The Hall–Kier alpha value is -1.13. The molecule has 1 aromatic carbocycles. The number of nitrogens with zero attached hydrogens (tertiary/aromatic N) is 1. The summed E-state index contributed by atoms with van der Waals surface area (Å²) in [6.45, 7) is 0. The SMILES string of the molecule is O=c1[nH]cnc2cc(Cl)c(F)c(Cl)c12. The average Bonchev–Trinajstić information content (AvgIpc) is 2.14. The molecule has 0 fully saturated rings. The first kappa shape index (κ1) is 9.43. The average molecular weight is 233 g/mol. The zero-order valence-electron chi connectivity index (χ0n) is 6.64. The van der Waals surface area contributed by atoms with Crippen LogP contribution in [0.5, 0.6) is 0 Å². The van der Waals surface area contributed by atoms with Crippen LogP contribution >= 0.6 is 23.2 Å². The lowest BCUT2D eigenvalue weighted by Crippen LogP contribution is -2.07. The molecule has 0 radical (unpaired) electrons. The van der Waals surface area contributed by atoms with Crippen molar-refractivity contribution in [1.29, 1.82) is 0 Å². The fraction of sp³-hybridized carbons (Fsp3) is 0. The molecule has 0 amide bonds. The largest absolute Gasteiger partial charge is 0.313 e. The molecular weight excluding hydrogens is 230 g/mol. The number of aromatic amines is 1. The van der Waals surface area contributed by atoms with E-state index in [0.717, 1.165) is 0 Å². The fourth-order valence-electron chi connectivity index (χ4n) is 1.13. The van der Waals surface area contributed by atoms with Gasteiger partial charge in [-0.15, -0.1) is 0 Å². The smallest absolute Gasteiger partial charge is 0.260 e. The van der Waals surface area contributed by atoms with Crippen molar-refractivity contribution < 1.29 is 4.39 Å². The van der Waals surface area contributed by atoms with Crippen LogP contribution in [0.1, 0.15) is 0 Å². The van der Waals surface area contributed by atoms with Crippen molar-refractivity contribution in [1.82, 2.24) is 9.97 Å². The van der Waals surface area contributed by atoms with Crippen molar-refractivity contribution in [3.63, 3.8) is 0 Å². The third-order valence-corrected chi connectivity index (χ3v) is 2.40. The van der Waals surface area contributed by atoms with Crippen molar-refractivity contribution in [3.8, 4) is 0 Å². The number of H-pyrrole nitrogens is 1. The summed E-state index contributed by atoms with van der Waals surface area (Å²) in [5, 5.41) is -0.446. The van der Waals surface area contributed by atoms with Crippen LogP contribution in [0.2, 0.25) is 10.0 Å². The second-order valence-electron chi connectivity index (χ2n) is 2.61. The summed E-state index contributed by atoms with van der Waals surface area (Å²) in [5.41, 5.74) is -0.222. The Morgan fingerprint density at radius 2 is 2.14 bits per heavy atom. The number of fused-ring (bicyclic) bond motifs is 1. The Morgan fingerprint density at radius 3 is 2.86 bits per heavy atom. The van der Waals surface area contributed by atoms with Gasteiger partial charge in [0.05, 0.1) is 27.3 Å². The second-order valence-corrected chi connectivity index (χ2v) is 3.40. The van der Waals surface area contributed by atoms with E-state index in [-0.39, 0.29) is 20.9 Å². The summed E-state index contributed by atoms with van der Waals surface area (Å²) in [6, 6.07) is 1.26. The lowest BCUT2D eigenvalue weighted by atomic mass is 10.2. The van der Waals surface area contributed by atoms with Gasteiger partial charge in [0, 0.05) is 0 Å². The molecule has 1 N–H and O–H groups in total. The molecule has 14 heavy (non-hydrogen) atoms. The van der Waals surface area contributed by atoms with Crippen molar-refractivity contribution in [3.05, 3.63) is 38.6 Å². The molecule has 2 aromatic rings. The Kier molecular flexibility index (Phi) is 2.17. The number of aromatic nitrogens is 2. The third-order valence-electron chi connectivity index (χ3n) is 1.77. The standard InChI is InChI=1S/C8H3Cl2FN2O/c9-3-1-4-5(6(10)7(3)11)8(14)13-2-12-4/h1-2H,(H,12,13,14). The quantitative estimate of drug-likeness (QED) is 0.710. The molecule has 2 rings (SSSR count). The van der Waals surface area contributed by atoms with Gasteiger partial charge in [0.25, 0.3) is 5.56 Å². The van der Waals surface area contributed by atoms with Crippen molar-refractivity contribution >= 4 is 34.1 Å². The van der Waals surface area contributed by atoms with Crippen LogP contribution < -0.4 is 5.56 Å². The van der Waals surface area contributed by atoms with E-state index in [0.29, 0.717) is 0 Å². The van der Waals surface area contributed by atoms with E-state index >= 15 is 0 Å². The minimum absolute atomic E-state index is 0.0102. The summed E-state index contributed by atoms with van der Waals surface area (Å²) < 4.78 is 13.2. The first-order valence-corrected chi connectivity index (χ1v) is 4.37. The van der Waals surface area contributed by atoms with Crippen LogP contribution in [0, 0.1) is 5.82 Å². The number of nitrogens with one attached hydrogen (secondary N) is 1. The van der Waals surface area contributed by atoms with Gasteiger partial charge in [0.15, 0.2) is 5.82 Å². The molecule has 0 atom stereocenters. The van der Waals surface area contributed by atoms with Gasteiger partial charge >= 0.3 is 0 Å². The Morgan fingerprint density at radius 1 is 1.43 bits per heavy atom. The summed E-state index contributed by atoms with van der Waals surface area (Å²) >= 11 is 11.2. The molecule has 0 aliphatic carbocycles. The summed E-state index contributed by atoms with van der Waals surface area (Å²) in [5.74, 6) is -0.806. The highest BCUT2D eigenvalue weighted by atomic mass is 35.5. The Balaban J connectivity index is 3.07. The minimum Gasteiger partial charge on any atom is -0.313 e. The Bertz CT molecular complexity index is 567. The maximum atomic E-state index is 13.2. The van der Waals surface area contributed by atoms with E-state index < -0.39 is 11.4 Å². The second kappa shape index (κ2) is 3.22. The molecule has 0 aliphatic heterocycles.